The number of hydrogen-bond acceptors (Lipinski definition) is 2. The Morgan fingerprint density at radius 1 is 1.11 bits per heavy atom. The first-order chi connectivity index (χ1) is 8.68. The first-order valence-corrected chi connectivity index (χ1v) is 6.53. The Hall–Kier alpha value is -1.61. The zero-order valence-corrected chi connectivity index (χ0v) is 11.1. The first kappa shape index (κ1) is 12.8. The molecule has 3 heteroatoms. The summed E-state index contributed by atoms with van der Waals surface area (Å²) in [6, 6.07) is 12.2. The molecule has 3 nitrogen and oxygen atoms in total. The van der Waals surface area contributed by atoms with Gasteiger partial charge in [-0.2, -0.15) is 5.10 Å². The number of benzene rings is 1. The highest BCUT2D eigenvalue weighted by atomic mass is 15.3. The van der Waals surface area contributed by atoms with Crippen molar-refractivity contribution in [1.82, 2.24) is 9.78 Å². The molecule has 0 saturated carbocycles. The lowest BCUT2D eigenvalue weighted by Gasteiger charge is -2.15. The summed E-state index contributed by atoms with van der Waals surface area (Å²) in [6.45, 7) is 4.45. The van der Waals surface area contributed by atoms with Gasteiger partial charge in [-0.05, 0) is 37.0 Å². The third kappa shape index (κ3) is 2.99. The number of nitrogens with zero attached hydrogens (tertiary/aromatic N) is 2. The van der Waals surface area contributed by atoms with Crippen molar-refractivity contribution < 1.29 is 0 Å². The van der Waals surface area contributed by atoms with Crippen LogP contribution in [0.2, 0.25) is 0 Å². The van der Waals surface area contributed by atoms with Crippen molar-refractivity contribution in [1.29, 1.82) is 0 Å². The Morgan fingerprint density at radius 2 is 1.83 bits per heavy atom. The zero-order chi connectivity index (χ0) is 13.0. The standard InChI is InChI=1S/C15H21N3/c1-12(2)8-9-14(16)15-10-11-17-18(15)13-6-4-3-5-7-13/h3-7,10-12,14H,8-9,16H2,1-2H3. The zero-order valence-electron chi connectivity index (χ0n) is 11.1. The molecule has 0 aliphatic carbocycles. The van der Waals surface area contributed by atoms with Crippen molar-refractivity contribution in [2.24, 2.45) is 11.7 Å². The Kier molecular flexibility index (Phi) is 4.15. The van der Waals surface area contributed by atoms with Crippen LogP contribution < -0.4 is 5.73 Å². The number of hydrogen-bond donors (Lipinski definition) is 1. The van der Waals surface area contributed by atoms with Crippen LogP contribution in [0.15, 0.2) is 42.6 Å². The molecule has 18 heavy (non-hydrogen) atoms. The van der Waals surface area contributed by atoms with E-state index < -0.39 is 0 Å². The van der Waals surface area contributed by atoms with Gasteiger partial charge in [0.05, 0.1) is 11.4 Å². The van der Waals surface area contributed by atoms with Crippen LogP contribution in [-0.2, 0) is 0 Å². The molecule has 1 unspecified atom stereocenters. The van der Waals surface area contributed by atoms with Gasteiger partial charge in [-0.1, -0.05) is 32.0 Å². The fraction of sp³-hybridized carbons (Fsp3) is 0.400. The van der Waals surface area contributed by atoms with Gasteiger partial charge in [0.2, 0.25) is 0 Å². The van der Waals surface area contributed by atoms with E-state index in [2.05, 4.69) is 18.9 Å². The van der Waals surface area contributed by atoms with E-state index in [0.29, 0.717) is 5.92 Å². The van der Waals surface area contributed by atoms with Crippen LogP contribution >= 0.6 is 0 Å². The third-order valence-corrected chi connectivity index (χ3v) is 3.11. The van der Waals surface area contributed by atoms with Crippen molar-refractivity contribution in [3.05, 3.63) is 48.3 Å². The summed E-state index contributed by atoms with van der Waals surface area (Å²) in [5, 5.41) is 4.37. The quantitative estimate of drug-likeness (QED) is 0.875. The lowest BCUT2D eigenvalue weighted by atomic mass is 10.0. The smallest absolute Gasteiger partial charge is 0.0649 e. The molecule has 0 bridgehead atoms. The Bertz CT molecular complexity index is 473. The van der Waals surface area contributed by atoms with Crippen molar-refractivity contribution >= 4 is 0 Å². The van der Waals surface area contributed by atoms with Crippen LogP contribution in [0.4, 0.5) is 0 Å². The molecule has 0 aliphatic heterocycles. The fourth-order valence-corrected chi connectivity index (χ4v) is 2.04. The average molecular weight is 243 g/mol. The van der Waals surface area contributed by atoms with Gasteiger partial charge in [0, 0.05) is 12.2 Å². The predicted molar refractivity (Wildman–Crippen MR) is 74.6 cm³/mol. The Balaban J connectivity index is 2.17. The lowest BCUT2D eigenvalue weighted by molar-refractivity contribution is 0.495. The van der Waals surface area contributed by atoms with Gasteiger partial charge in [0.15, 0.2) is 0 Å². The van der Waals surface area contributed by atoms with E-state index in [4.69, 9.17) is 5.73 Å². The molecule has 1 atom stereocenters. The molecule has 0 fully saturated rings. The van der Waals surface area contributed by atoms with Gasteiger partial charge >= 0.3 is 0 Å². The number of nitrogens with two attached hydrogens (primary N) is 1. The third-order valence-electron chi connectivity index (χ3n) is 3.11. The van der Waals surface area contributed by atoms with Crippen LogP contribution in [0.1, 0.15) is 38.4 Å². The molecule has 0 radical (unpaired) electrons. The maximum atomic E-state index is 6.27. The normalized spacial score (nSPS) is 12.9. The van der Waals surface area contributed by atoms with E-state index in [0.717, 1.165) is 24.2 Å². The van der Waals surface area contributed by atoms with Crippen LogP contribution in [0.25, 0.3) is 5.69 Å². The highest BCUT2D eigenvalue weighted by Crippen LogP contribution is 2.20. The molecule has 2 N–H and O–H groups in total. The minimum atomic E-state index is 0.0510. The highest BCUT2D eigenvalue weighted by molar-refractivity contribution is 5.33. The number of aromatic nitrogens is 2. The first-order valence-electron chi connectivity index (χ1n) is 6.53. The van der Waals surface area contributed by atoms with E-state index in [1.807, 2.05) is 47.3 Å². The van der Waals surface area contributed by atoms with Gasteiger partial charge in [0.1, 0.15) is 0 Å². The number of para-hydroxylation sites is 1. The topological polar surface area (TPSA) is 43.8 Å². The number of rotatable bonds is 5. The van der Waals surface area contributed by atoms with Gasteiger partial charge < -0.3 is 5.73 Å². The van der Waals surface area contributed by atoms with E-state index in [9.17, 15) is 0 Å². The molecule has 0 amide bonds. The molecule has 2 rings (SSSR count). The van der Waals surface area contributed by atoms with Gasteiger partial charge in [0.25, 0.3) is 0 Å². The maximum absolute atomic E-state index is 6.27. The molecule has 0 aliphatic rings. The van der Waals surface area contributed by atoms with Crippen molar-refractivity contribution in [3.8, 4) is 5.69 Å². The second-order valence-corrected chi connectivity index (χ2v) is 5.08. The monoisotopic (exact) mass is 243 g/mol. The largest absolute Gasteiger partial charge is 0.323 e. The minimum Gasteiger partial charge on any atom is -0.323 e. The Morgan fingerprint density at radius 3 is 2.50 bits per heavy atom. The van der Waals surface area contributed by atoms with Crippen LogP contribution in [0, 0.1) is 5.92 Å². The highest BCUT2D eigenvalue weighted by Gasteiger charge is 2.13. The summed E-state index contributed by atoms with van der Waals surface area (Å²) in [6.07, 6.45) is 3.95. The van der Waals surface area contributed by atoms with Crippen LogP contribution in [-0.4, -0.2) is 9.78 Å². The maximum Gasteiger partial charge on any atom is 0.0649 e. The van der Waals surface area contributed by atoms with E-state index in [-0.39, 0.29) is 6.04 Å². The Labute approximate surface area is 109 Å². The summed E-state index contributed by atoms with van der Waals surface area (Å²) in [5.41, 5.74) is 8.42. The molecule has 96 valence electrons. The minimum absolute atomic E-state index is 0.0510. The van der Waals surface area contributed by atoms with Gasteiger partial charge in [-0.3, -0.25) is 0 Å². The summed E-state index contributed by atoms with van der Waals surface area (Å²) in [5.74, 6) is 0.684. The summed E-state index contributed by atoms with van der Waals surface area (Å²) >= 11 is 0. The second-order valence-electron chi connectivity index (χ2n) is 5.08. The van der Waals surface area contributed by atoms with Crippen LogP contribution in [0.3, 0.4) is 0 Å². The van der Waals surface area contributed by atoms with Gasteiger partial charge in [-0.25, -0.2) is 4.68 Å². The van der Waals surface area contributed by atoms with Crippen molar-refractivity contribution in [2.45, 2.75) is 32.7 Å². The average Bonchev–Trinajstić information content (AvgIpc) is 2.86. The molecule has 1 heterocycles. The molecule has 0 spiro atoms. The lowest BCUT2D eigenvalue weighted by Crippen LogP contribution is -2.16. The van der Waals surface area contributed by atoms with Crippen molar-refractivity contribution in [3.63, 3.8) is 0 Å². The molecule has 1 aromatic heterocycles. The SMILES string of the molecule is CC(C)CCC(N)c1ccnn1-c1ccccc1. The summed E-state index contributed by atoms with van der Waals surface area (Å²) in [7, 11) is 0. The van der Waals surface area contributed by atoms with Gasteiger partial charge in [-0.15, -0.1) is 0 Å². The second kappa shape index (κ2) is 5.83. The van der Waals surface area contributed by atoms with E-state index in [1.54, 1.807) is 0 Å². The molecule has 0 saturated heterocycles. The molecular weight excluding hydrogens is 222 g/mol. The van der Waals surface area contributed by atoms with E-state index in [1.165, 1.54) is 0 Å². The molecule has 2 aromatic rings. The predicted octanol–water partition coefficient (Wildman–Crippen LogP) is 3.31. The fourth-order valence-electron chi connectivity index (χ4n) is 2.04. The summed E-state index contributed by atoms with van der Waals surface area (Å²) < 4.78 is 1.94. The summed E-state index contributed by atoms with van der Waals surface area (Å²) in [4.78, 5) is 0. The van der Waals surface area contributed by atoms with Crippen molar-refractivity contribution in [2.75, 3.05) is 0 Å². The molecular formula is C15H21N3. The van der Waals surface area contributed by atoms with E-state index >= 15 is 0 Å². The molecule has 1 aromatic carbocycles. The van der Waals surface area contributed by atoms with Crippen LogP contribution in [0.5, 0.6) is 0 Å².